The van der Waals surface area contributed by atoms with Crippen molar-refractivity contribution < 1.29 is 4.79 Å². The molecule has 0 bridgehead atoms. The molecule has 2 heterocycles. The summed E-state index contributed by atoms with van der Waals surface area (Å²) in [5.74, 6) is 0.0472. The topological polar surface area (TPSA) is 71.2 Å². The van der Waals surface area contributed by atoms with Crippen LogP contribution in [0.25, 0.3) is 0 Å². The Morgan fingerprint density at radius 1 is 1.61 bits per heavy atom. The molecule has 3 N–H and O–H groups in total. The molecule has 1 fully saturated rings. The van der Waals surface area contributed by atoms with Gasteiger partial charge in [0.2, 0.25) is 5.91 Å². The van der Waals surface area contributed by atoms with Gasteiger partial charge < -0.3 is 16.0 Å². The van der Waals surface area contributed by atoms with Gasteiger partial charge in [0.05, 0.1) is 17.6 Å². The molecule has 5 nitrogen and oxygen atoms in total. The number of rotatable bonds is 3. The summed E-state index contributed by atoms with van der Waals surface area (Å²) >= 11 is 4.86. The molecule has 1 amide bonds. The van der Waals surface area contributed by atoms with E-state index in [2.05, 4.69) is 15.2 Å². The normalized spacial score (nSPS) is 18.7. The summed E-state index contributed by atoms with van der Waals surface area (Å²) in [7, 11) is 1.66. The second kappa shape index (κ2) is 5.30. The minimum absolute atomic E-state index is 0.0472. The fraction of sp³-hybridized carbons (Fsp3) is 0.417. The van der Waals surface area contributed by atoms with Crippen molar-refractivity contribution in [3.63, 3.8) is 0 Å². The number of anilines is 1. The van der Waals surface area contributed by atoms with Gasteiger partial charge in [-0.25, -0.2) is 0 Å². The highest BCUT2D eigenvalue weighted by molar-refractivity contribution is 7.80. The molecule has 1 aromatic heterocycles. The highest BCUT2D eigenvalue weighted by Crippen LogP contribution is 2.25. The van der Waals surface area contributed by atoms with E-state index in [1.165, 1.54) is 0 Å². The minimum atomic E-state index is -0.104. The van der Waals surface area contributed by atoms with E-state index in [4.69, 9.17) is 18.0 Å². The predicted octanol–water partition coefficient (Wildman–Crippen LogP) is 0.431. The highest BCUT2D eigenvalue weighted by atomic mass is 32.1. The summed E-state index contributed by atoms with van der Waals surface area (Å²) in [4.78, 5) is 18.3. The first-order valence-corrected chi connectivity index (χ1v) is 6.28. The third-order valence-electron chi connectivity index (χ3n) is 3.13. The smallest absolute Gasteiger partial charge is 0.242 e. The Kier molecular flexibility index (Phi) is 3.76. The van der Waals surface area contributed by atoms with E-state index in [1.54, 1.807) is 19.3 Å². The summed E-state index contributed by atoms with van der Waals surface area (Å²) in [6, 6.07) is 3.59. The largest absolute Gasteiger partial charge is 0.388 e. The average molecular weight is 264 g/mol. The van der Waals surface area contributed by atoms with Crippen LogP contribution in [0.2, 0.25) is 0 Å². The number of thiocarbonyl (C=S) groups is 1. The summed E-state index contributed by atoms with van der Waals surface area (Å²) in [5.41, 5.74) is 7.04. The van der Waals surface area contributed by atoms with Gasteiger partial charge in [-0.3, -0.25) is 9.78 Å². The van der Waals surface area contributed by atoms with Crippen molar-refractivity contribution in [2.75, 3.05) is 18.5 Å². The SMILES string of the molecule is CNC(=O)C1CCCN1c1ccc(C(N)=S)nc1. The molecular weight excluding hydrogens is 248 g/mol. The molecule has 2 rings (SSSR count). The van der Waals surface area contributed by atoms with Crippen LogP contribution in [0.15, 0.2) is 18.3 Å². The Morgan fingerprint density at radius 2 is 2.39 bits per heavy atom. The Bertz CT molecular complexity index is 460. The first-order chi connectivity index (χ1) is 8.63. The van der Waals surface area contributed by atoms with Crippen LogP contribution in [0.1, 0.15) is 18.5 Å². The molecule has 1 aromatic rings. The molecular formula is C12H16N4OS. The summed E-state index contributed by atoms with van der Waals surface area (Å²) < 4.78 is 0. The third kappa shape index (κ3) is 2.43. The van der Waals surface area contributed by atoms with E-state index in [9.17, 15) is 4.79 Å². The molecule has 1 atom stereocenters. The van der Waals surface area contributed by atoms with E-state index in [-0.39, 0.29) is 16.9 Å². The van der Waals surface area contributed by atoms with Crippen LogP contribution >= 0.6 is 12.2 Å². The quantitative estimate of drug-likeness (QED) is 0.775. The molecule has 1 aliphatic rings. The molecule has 0 saturated carbocycles. The molecule has 1 aliphatic heterocycles. The van der Waals surface area contributed by atoms with Gasteiger partial charge in [-0.1, -0.05) is 12.2 Å². The van der Waals surface area contributed by atoms with Crippen molar-refractivity contribution in [2.24, 2.45) is 5.73 Å². The number of likely N-dealkylation sites (N-methyl/N-ethyl adjacent to an activating group) is 1. The number of aromatic nitrogens is 1. The van der Waals surface area contributed by atoms with Crippen molar-refractivity contribution in [1.29, 1.82) is 0 Å². The number of hydrogen-bond acceptors (Lipinski definition) is 4. The molecule has 18 heavy (non-hydrogen) atoms. The third-order valence-corrected chi connectivity index (χ3v) is 3.34. The lowest BCUT2D eigenvalue weighted by atomic mass is 10.2. The highest BCUT2D eigenvalue weighted by Gasteiger charge is 2.30. The number of nitrogens with zero attached hydrogens (tertiary/aromatic N) is 2. The van der Waals surface area contributed by atoms with Crippen molar-refractivity contribution in [3.05, 3.63) is 24.0 Å². The van der Waals surface area contributed by atoms with Crippen LogP contribution in [0.3, 0.4) is 0 Å². The molecule has 1 unspecified atom stereocenters. The summed E-state index contributed by atoms with van der Waals surface area (Å²) in [5, 5.41) is 2.69. The average Bonchev–Trinajstić information content (AvgIpc) is 2.87. The fourth-order valence-corrected chi connectivity index (χ4v) is 2.34. The number of amides is 1. The first-order valence-electron chi connectivity index (χ1n) is 5.87. The van der Waals surface area contributed by atoms with Gasteiger partial charge in [0.25, 0.3) is 0 Å². The van der Waals surface area contributed by atoms with Crippen molar-refractivity contribution >= 4 is 28.8 Å². The van der Waals surface area contributed by atoms with Gasteiger partial charge in [0.15, 0.2) is 0 Å². The van der Waals surface area contributed by atoms with Crippen molar-refractivity contribution in [2.45, 2.75) is 18.9 Å². The van der Waals surface area contributed by atoms with Gasteiger partial charge in [-0.2, -0.15) is 0 Å². The first kappa shape index (κ1) is 12.8. The van der Waals surface area contributed by atoms with E-state index >= 15 is 0 Å². The zero-order valence-electron chi connectivity index (χ0n) is 10.2. The minimum Gasteiger partial charge on any atom is -0.388 e. The van der Waals surface area contributed by atoms with E-state index < -0.39 is 0 Å². The monoisotopic (exact) mass is 264 g/mol. The molecule has 1 saturated heterocycles. The molecule has 6 heteroatoms. The van der Waals surface area contributed by atoms with Crippen LogP contribution in [-0.2, 0) is 4.79 Å². The van der Waals surface area contributed by atoms with Gasteiger partial charge >= 0.3 is 0 Å². The predicted molar refractivity (Wildman–Crippen MR) is 74.6 cm³/mol. The maximum atomic E-state index is 11.8. The maximum absolute atomic E-state index is 11.8. The number of carbonyl (C=O) groups is 1. The summed E-state index contributed by atoms with van der Waals surface area (Å²) in [6.07, 6.45) is 3.60. The number of nitrogens with one attached hydrogen (secondary N) is 1. The summed E-state index contributed by atoms with van der Waals surface area (Å²) in [6.45, 7) is 0.867. The van der Waals surface area contributed by atoms with Crippen molar-refractivity contribution in [3.8, 4) is 0 Å². The lowest BCUT2D eigenvalue weighted by Crippen LogP contribution is -2.42. The number of nitrogens with two attached hydrogens (primary N) is 1. The molecule has 0 aliphatic carbocycles. The molecule has 0 radical (unpaired) electrons. The van der Waals surface area contributed by atoms with E-state index in [0.717, 1.165) is 25.1 Å². The second-order valence-corrected chi connectivity index (χ2v) is 4.67. The van der Waals surface area contributed by atoms with E-state index in [0.29, 0.717) is 5.69 Å². The lowest BCUT2D eigenvalue weighted by molar-refractivity contribution is -0.121. The maximum Gasteiger partial charge on any atom is 0.242 e. The molecule has 0 spiro atoms. The fourth-order valence-electron chi connectivity index (χ4n) is 2.22. The number of pyridine rings is 1. The Hall–Kier alpha value is -1.69. The van der Waals surface area contributed by atoms with Gasteiger partial charge in [-0.05, 0) is 25.0 Å². The zero-order chi connectivity index (χ0) is 13.1. The second-order valence-electron chi connectivity index (χ2n) is 4.23. The zero-order valence-corrected chi connectivity index (χ0v) is 11.0. The number of carbonyl (C=O) groups excluding carboxylic acids is 1. The van der Waals surface area contributed by atoms with Crippen LogP contribution in [0.4, 0.5) is 5.69 Å². The Balaban J connectivity index is 2.20. The Morgan fingerprint density at radius 3 is 2.94 bits per heavy atom. The Labute approximate surface area is 111 Å². The van der Waals surface area contributed by atoms with Gasteiger partial charge in [0, 0.05) is 13.6 Å². The lowest BCUT2D eigenvalue weighted by Gasteiger charge is -2.25. The van der Waals surface area contributed by atoms with Gasteiger partial charge in [-0.15, -0.1) is 0 Å². The van der Waals surface area contributed by atoms with Crippen LogP contribution in [0, 0.1) is 0 Å². The number of hydrogen-bond donors (Lipinski definition) is 2. The van der Waals surface area contributed by atoms with Crippen LogP contribution in [0.5, 0.6) is 0 Å². The molecule has 0 aromatic carbocycles. The van der Waals surface area contributed by atoms with Crippen LogP contribution < -0.4 is 16.0 Å². The van der Waals surface area contributed by atoms with Gasteiger partial charge in [0.1, 0.15) is 11.0 Å². The van der Waals surface area contributed by atoms with Crippen LogP contribution in [-0.4, -0.2) is 35.5 Å². The van der Waals surface area contributed by atoms with E-state index in [1.807, 2.05) is 6.07 Å². The standard InChI is InChI=1S/C12H16N4OS/c1-14-12(17)10-3-2-6-16(10)8-4-5-9(11(13)18)15-7-8/h4-5,7,10H,2-3,6H2,1H3,(H2,13,18)(H,14,17). The molecule has 96 valence electrons. The van der Waals surface area contributed by atoms with Crippen molar-refractivity contribution in [1.82, 2.24) is 10.3 Å².